The zero-order valence-corrected chi connectivity index (χ0v) is 32.7. The molecule has 58 heavy (non-hydrogen) atoms. The molecule has 0 spiro atoms. The van der Waals surface area contributed by atoms with Crippen LogP contribution in [0.25, 0.3) is 32.3 Å². The van der Waals surface area contributed by atoms with Crippen LogP contribution in [0, 0.1) is 0 Å². The molecule has 0 fully saturated rings. The van der Waals surface area contributed by atoms with E-state index in [2.05, 4.69) is 21.9 Å². The van der Waals surface area contributed by atoms with Crippen LogP contribution in [0.2, 0.25) is 15.5 Å². The molecule has 0 radical (unpaired) electrons. The molecule has 2 N–H and O–H groups in total. The van der Waals surface area contributed by atoms with Crippen molar-refractivity contribution in [2.24, 2.45) is 0 Å². The van der Waals surface area contributed by atoms with Gasteiger partial charge in [0.1, 0.15) is 36.7 Å². The molecule has 0 amide bonds. The third kappa shape index (κ3) is 14.1. The van der Waals surface area contributed by atoms with Gasteiger partial charge in [-0.15, -0.1) is 0 Å². The van der Waals surface area contributed by atoms with Gasteiger partial charge in [0.2, 0.25) is 0 Å². The molecular weight excluding hydrogens is 849 g/mol. The lowest BCUT2D eigenvalue weighted by atomic mass is 10.1. The van der Waals surface area contributed by atoms with Crippen LogP contribution in [0.4, 0.5) is 0 Å². The van der Waals surface area contributed by atoms with E-state index in [4.69, 9.17) is 49.0 Å². The highest BCUT2D eigenvalue weighted by atomic mass is 35.5. The van der Waals surface area contributed by atoms with Crippen molar-refractivity contribution in [2.75, 3.05) is 19.8 Å². The van der Waals surface area contributed by atoms with Gasteiger partial charge in [0, 0.05) is 24.0 Å². The molecule has 12 nitrogen and oxygen atoms in total. The normalized spacial score (nSPS) is 10.4. The summed E-state index contributed by atoms with van der Waals surface area (Å²) in [6.07, 6.45) is 7.07. The second kappa shape index (κ2) is 25.5. The molecule has 17 heteroatoms. The Bertz CT molecular complexity index is 2420. The zero-order chi connectivity index (χ0) is 38.8. The molecule has 0 bridgehead atoms. The van der Waals surface area contributed by atoms with Crippen LogP contribution in [0.15, 0.2) is 89.0 Å². The summed E-state index contributed by atoms with van der Waals surface area (Å²) in [7, 11) is -8.71. The Morgan fingerprint density at radius 1 is 0.517 bits per heavy atom. The maximum atomic E-state index is 11.4. The van der Waals surface area contributed by atoms with Crippen molar-refractivity contribution in [2.45, 2.75) is 87.0 Å². The highest BCUT2D eigenvalue weighted by Gasteiger charge is 2.21. The number of hydrogen-bond acceptors (Lipinski definition) is 10. The molecule has 0 aliphatic rings. The van der Waals surface area contributed by atoms with Crippen LogP contribution in [0.5, 0.6) is 17.2 Å². The highest BCUT2D eigenvalue weighted by Crippen LogP contribution is 2.37. The van der Waals surface area contributed by atoms with Gasteiger partial charge >= 0.3 is 0 Å². The fourth-order valence-corrected chi connectivity index (χ4v) is 7.06. The number of benzene rings is 3. The number of halogens is 3. The summed E-state index contributed by atoms with van der Waals surface area (Å²) >= 11 is 18.0. The molecule has 0 unspecified atom stereocenters. The largest absolute Gasteiger partial charge is 0.493 e. The van der Waals surface area contributed by atoms with E-state index in [0.717, 1.165) is 29.4 Å². The molecule has 6 aromatic rings. The molecule has 322 valence electrons. The Balaban J connectivity index is 0. The first-order valence-electron chi connectivity index (χ1n) is 16.2. The molecular formula is C41H56Cl3N3O9S2. The molecule has 3 heterocycles. The van der Waals surface area contributed by atoms with E-state index in [1.54, 1.807) is 18.3 Å². The van der Waals surface area contributed by atoms with Crippen LogP contribution in [0.3, 0.4) is 0 Å². The van der Waals surface area contributed by atoms with Gasteiger partial charge in [-0.1, -0.05) is 111 Å². The van der Waals surface area contributed by atoms with E-state index >= 15 is 0 Å². The van der Waals surface area contributed by atoms with Gasteiger partial charge in [-0.3, -0.25) is 9.11 Å². The van der Waals surface area contributed by atoms with Gasteiger partial charge in [0.25, 0.3) is 20.2 Å². The lowest BCUT2D eigenvalue weighted by molar-refractivity contribution is 0.311. The first-order chi connectivity index (χ1) is 25.2. The average molecular weight is 905 g/mol. The fourth-order valence-electron chi connectivity index (χ4n) is 4.97. The van der Waals surface area contributed by atoms with E-state index in [9.17, 15) is 25.9 Å². The van der Waals surface area contributed by atoms with Crippen LogP contribution < -0.4 is 14.2 Å². The van der Waals surface area contributed by atoms with Crippen LogP contribution in [-0.2, 0) is 20.2 Å². The smallest absolute Gasteiger partial charge is 0.298 e. The predicted octanol–water partition coefficient (Wildman–Crippen LogP) is 12.7. The topological polar surface area (TPSA) is 175 Å². The van der Waals surface area contributed by atoms with Crippen molar-refractivity contribution in [3.63, 3.8) is 0 Å². The summed E-state index contributed by atoms with van der Waals surface area (Å²) in [6, 6.07) is 16.6. The lowest BCUT2D eigenvalue weighted by Gasteiger charge is -2.12. The molecule has 0 aliphatic heterocycles. The van der Waals surface area contributed by atoms with E-state index in [1.165, 1.54) is 36.7 Å². The summed E-state index contributed by atoms with van der Waals surface area (Å²) in [5.41, 5.74) is 0. The van der Waals surface area contributed by atoms with E-state index in [1.807, 2.05) is 38.1 Å². The molecule has 0 saturated heterocycles. The number of hydrogen-bond donors (Lipinski definition) is 2. The monoisotopic (exact) mass is 903 g/mol. The minimum atomic E-state index is -4.38. The average Bonchev–Trinajstić information content (AvgIpc) is 3.11. The van der Waals surface area contributed by atoms with Crippen molar-refractivity contribution >= 4 is 87.4 Å². The minimum absolute atomic E-state index is 0. The Labute approximate surface area is 359 Å². The molecule has 0 aliphatic carbocycles. The number of ether oxygens (including phenoxy) is 3. The van der Waals surface area contributed by atoms with Crippen LogP contribution in [0.1, 0.15) is 77.2 Å². The van der Waals surface area contributed by atoms with Gasteiger partial charge < -0.3 is 14.2 Å². The number of nitrogens with zero attached hydrogens (tertiary/aromatic N) is 3. The molecule has 6 rings (SSSR count). The first kappa shape index (κ1) is 56.1. The molecule has 3 aromatic carbocycles. The third-order valence-corrected chi connectivity index (χ3v) is 9.89. The molecule has 3 aromatic heterocycles. The maximum Gasteiger partial charge on any atom is 0.298 e. The van der Waals surface area contributed by atoms with E-state index in [-0.39, 0.29) is 68.4 Å². The van der Waals surface area contributed by atoms with Crippen molar-refractivity contribution in [1.29, 1.82) is 0 Å². The number of rotatable bonds is 11. The summed E-state index contributed by atoms with van der Waals surface area (Å²) in [6.45, 7) is 7.40. The van der Waals surface area contributed by atoms with E-state index in [0.29, 0.717) is 53.3 Å². The summed E-state index contributed by atoms with van der Waals surface area (Å²) in [5.74, 6) is 1.30. The minimum Gasteiger partial charge on any atom is -0.493 e. The molecule has 0 atom stereocenters. The van der Waals surface area contributed by atoms with E-state index < -0.39 is 20.2 Å². The highest BCUT2D eigenvalue weighted by molar-refractivity contribution is 7.86. The van der Waals surface area contributed by atoms with Crippen molar-refractivity contribution in [3.8, 4) is 17.2 Å². The van der Waals surface area contributed by atoms with Crippen molar-refractivity contribution in [1.82, 2.24) is 15.0 Å². The van der Waals surface area contributed by atoms with Crippen molar-refractivity contribution in [3.05, 3.63) is 94.7 Å². The van der Waals surface area contributed by atoms with Crippen LogP contribution >= 0.6 is 34.8 Å². The van der Waals surface area contributed by atoms with Gasteiger partial charge in [0.15, 0.2) is 5.75 Å². The Kier molecular flexibility index (Phi) is 24.6. The number of aromatic nitrogens is 3. The van der Waals surface area contributed by atoms with Gasteiger partial charge in [-0.05, 0) is 72.5 Å². The van der Waals surface area contributed by atoms with Crippen molar-refractivity contribution < 1.29 is 40.2 Å². The zero-order valence-electron chi connectivity index (χ0n) is 28.8. The predicted molar refractivity (Wildman–Crippen MR) is 241 cm³/mol. The second-order valence-electron chi connectivity index (χ2n) is 11.1. The standard InChI is InChI=1S/2C12H12ClNO4S.C12H12ClNO.5CH4/c1-2-7-18-9-3-4-10(19(15,16)17)8-5-6-14-12(13)11(8)9;1-2-7-18-11-9(19(15,16)17)4-3-8-5-6-14-12(13)10(8)11;1-2-8-15-10-5-3-4-9-6-7-14-12(13)11(9)10;;;;;/h2*3-6H,2,7H2,1H3,(H,15,16,17);3-7H,2,8H2,1H3;5*1H4. The second-order valence-corrected chi connectivity index (χ2v) is 15.0. The summed E-state index contributed by atoms with van der Waals surface area (Å²) in [5, 5.41) is 4.47. The van der Waals surface area contributed by atoms with Crippen LogP contribution in [-0.4, -0.2) is 60.7 Å². The fraction of sp³-hybridized carbons (Fsp3) is 0.341. The molecule has 0 saturated carbocycles. The Hall–Kier alpha value is -4.02. The Morgan fingerprint density at radius 2 is 0.948 bits per heavy atom. The summed E-state index contributed by atoms with van der Waals surface area (Å²) < 4.78 is 80.5. The quantitative estimate of drug-likeness (QED) is 0.0931. The third-order valence-electron chi connectivity index (χ3n) is 7.24. The van der Waals surface area contributed by atoms with Gasteiger partial charge in [-0.25, -0.2) is 15.0 Å². The van der Waals surface area contributed by atoms with Gasteiger partial charge in [0.05, 0.1) is 36.0 Å². The first-order valence-corrected chi connectivity index (χ1v) is 20.2. The maximum absolute atomic E-state index is 11.4. The summed E-state index contributed by atoms with van der Waals surface area (Å²) in [4.78, 5) is 11.4. The number of pyridine rings is 3. The number of fused-ring (bicyclic) bond motifs is 3. The lowest BCUT2D eigenvalue weighted by Crippen LogP contribution is -2.05. The van der Waals surface area contributed by atoms with Gasteiger partial charge in [-0.2, -0.15) is 16.8 Å². The SMILES string of the molecule is C.C.C.C.C.CCCOc1c(S(=O)(=O)O)ccc2ccnc(Cl)c12.CCCOc1ccc(S(=O)(=O)O)c2ccnc(Cl)c12.CCCOc1cccc2ccnc(Cl)c12. The Morgan fingerprint density at radius 3 is 1.47 bits per heavy atom.